The highest BCUT2D eigenvalue weighted by Crippen LogP contribution is 2.38. The molecule has 1 aliphatic rings. The number of rotatable bonds is 2. The quantitative estimate of drug-likeness (QED) is 0.695. The van der Waals surface area contributed by atoms with Gasteiger partial charge in [-0.15, -0.1) is 11.3 Å². The molecular formula is C16H17N3S2. The van der Waals surface area contributed by atoms with E-state index in [1.165, 1.54) is 47.9 Å². The monoisotopic (exact) mass is 315 g/mol. The number of aromatic amines is 1. The van der Waals surface area contributed by atoms with Gasteiger partial charge in [0.2, 0.25) is 0 Å². The van der Waals surface area contributed by atoms with Crippen molar-refractivity contribution in [1.82, 2.24) is 15.0 Å². The normalized spacial score (nSPS) is 14.7. The van der Waals surface area contributed by atoms with Gasteiger partial charge in [0.15, 0.2) is 0 Å². The van der Waals surface area contributed by atoms with E-state index in [0.29, 0.717) is 4.64 Å². The lowest BCUT2D eigenvalue weighted by molar-refractivity contribution is 0.675. The van der Waals surface area contributed by atoms with Crippen molar-refractivity contribution in [2.45, 2.75) is 45.4 Å². The lowest BCUT2D eigenvalue weighted by Gasteiger charge is -2.19. The molecule has 5 heteroatoms. The number of fused-ring (bicyclic) bond motifs is 5. The number of hydrogen-bond acceptors (Lipinski definition) is 4. The van der Waals surface area contributed by atoms with Crippen molar-refractivity contribution < 1.29 is 0 Å². The minimum atomic E-state index is 0.688. The van der Waals surface area contributed by atoms with Crippen LogP contribution in [0.25, 0.3) is 20.4 Å². The Morgan fingerprint density at radius 1 is 1.29 bits per heavy atom. The number of pyridine rings is 1. The molecule has 0 aliphatic heterocycles. The summed E-state index contributed by atoms with van der Waals surface area (Å²) in [5.74, 6) is 0. The topological polar surface area (TPSA) is 41.6 Å². The van der Waals surface area contributed by atoms with Gasteiger partial charge in [0.25, 0.3) is 0 Å². The molecule has 0 aromatic carbocycles. The number of aromatic nitrogens is 3. The number of aryl methyl sites for hydroxylation is 2. The minimum Gasteiger partial charge on any atom is -0.344 e. The van der Waals surface area contributed by atoms with Gasteiger partial charge in [-0.25, -0.2) is 9.97 Å². The van der Waals surface area contributed by atoms with Crippen LogP contribution in [0.1, 0.15) is 43.0 Å². The summed E-state index contributed by atoms with van der Waals surface area (Å²) in [6, 6.07) is 0. The molecule has 1 N–H and O–H groups in total. The fourth-order valence-electron chi connectivity index (χ4n) is 3.41. The van der Waals surface area contributed by atoms with Crippen LogP contribution in [0.5, 0.6) is 0 Å². The maximum absolute atomic E-state index is 5.39. The molecule has 0 amide bonds. The van der Waals surface area contributed by atoms with E-state index in [9.17, 15) is 0 Å². The molecule has 108 valence electrons. The van der Waals surface area contributed by atoms with Crippen molar-refractivity contribution in [2.24, 2.45) is 0 Å². The van der Waals surface area contributed by atoms with Crippen molar-refractivity contribution in [2.75, 3.05) is 0 Å². The van der Waals surface area contributed by atoms with Crippen molar-refractivity contribution in [3.63, 3.8) is 0 Å². The van der Waals surface area contributed by atoms with Gasteiger partial charge in [-0.2, -0.15) is 0 Å². The molecule has 0 spiro atoms. The summed E-state index contributed by atoms with van der Waals surface area (Å²) in [6.07, 6.45) is 8.85. The van der Waals surface area contributed by atoms with E-state index in [4.69, 9.17) is 17.2 Å². The third-order valence-electron chi connectivity index (χ3n) is 4.32. The molecule has 1 aliphatic carbocycles. The zero-order valence-electron chi connectivity index (χ0n) is 12.0. The maximum Gasteiger partial charge on any atom is 0.147 e. The predicted molar refractivity (Wildman–Crippen MR) is 90.7 cm³/mol. The molecule has 0 bridgehead atoms. The Hall–Kier alpha value is -1.33. The molecule has 0 radical (unpaired) electrons. The van der Waals surface area contributed by atoms with Gasteiger partial charge in [0, 0.05) is 11.1 Å². The van der Waals surface area contributed by atoms with Crippen molar-refractivity contribution in [3.05, 3.63) is 27.8 Å². The van der Waals surface area contributed by atoms with Crippen molar-refractivity contribution >= 4 is 44.0 Å². The summed E-state index contributed by atoms with van der Waals surface area (Å²) in [7, 11) is 0. The van der Waals surface area contributed by atoms with Crippen LogP contribution in [0.15, 0.2) is 6.33 Å². The minimum absolute atomic E-state index is 0.688. The van der Waals surface area contributed by atoms with Gasteiger partial charge in [-0.3, -0.25) is 0 Å². The summed E-state index contributed by atoms with van der Waals surface area (Å²) in [5.41, 5.74) is 5.47. The fraction of sp³-hybridized carbons (Fsp3) is 0.438. The maximum atomic E-state index is 5.39. The van der Waals surface area contributed by atoms with E-state index in [1.54, 1.807) is 17.7 Å². The van der Waals surface area contributed by atoms with Crippen LogP contribution in [0.3, 0.4) is 0 Å². The van der Waals surface area contributed by atoms with Crippen LogP contribution < -0.4 is 0 Å². The van der Waals surface area contributed by atoms with Gasteiger partial charge >= 0.3 is 0 Å². The number of H-pyrrole nitrogens is 1. The molecule has 21 heavy (non-hydrogen) atoms. The van der Waals surface area contributed by atoms with Crippen LogP contribution in [-0.4, -0.2) is 15.0 Å². The SMILES string of the molecule is CCCc1nc2sc3c(=S)nc[nH]c3c2c2c1CCCC2. The molecule has 0 saturated heterocycles. The van der Waals surface area contributed by atoms with Gasteiger partial charge in [0.1, 0.15) is 9.47 Å². The van der Waals surface area contributed by atoms with Gasteiger partial charge in [-0.1, -0.05) is 25.6 Å². The van der Waals surface area contributed by atoms with Crippen LogP contribution in [0.4, 0.5) is 0 Å². The Kier molecular flexibility index (Phi) is 3.27. The summed E-state index contributed by atoms with van der Waals surface area (Å²) < 4.78 is 1.77. The highest BCUT2D eigenvalue weighted by atomic mass is 32.1. The van der Waals surface area contributed by atoms with Crippen molar-refractivity contribution in [1.29, 1.82) is 0 Å². The smallest absolute Gasteiger partial charge is 0.147 e. The number of nitrogens with zero attached hydrogens (tertiary/aromatic N) is 2. The average molecular weight is 315 g/mol. The lowest BCUT2D eigenvalue weighted by atomic mass is 9.88. The molecule has 3 aromatic rings. The van der Waals surface area contributed by atoms with Crippen molar-refractivity contribution in [3.8, 4) is 0 Å². The number of hydrogen-bond donors (Lipinski definition) is 1. The second-order valence-electron chi connectivity index (χ2n) is 5.67. The molecule has 0 atom stereocenters. The first-order valence-corrected chi connectivity index (χ1v) is 8.82. The van der Waals surface area contributed by atoms with E-state index >= 15 is 0 Å². The molecular weight excluding hydrogens is 298 g/mol. The molecule has 3 heterocycles. The van der Waals surface area contributed by atoms with E-state index in [-0.39, 0.29) is 0 Å². The summed E-state index contributed by atoms with van der Waals surface area (Å²) in [6.45, 7) is 2.23. The van der Waals surface area contributed by atoms with Gasteiger partial charge in [-0.05, 0) is 43.2 Å². The standard InChI is InChI=1S/C16H17N3S2/c1-2-5-11-9-6-3-4-7-10(9)12-13-14(21-16(12)19-11)15(20)18-8-17-13/h8H,2-7H2,1H3,(H,17,18,20). The van der Waals surface area contributed by atoms with Crippen LogP contribution >= 0.6 is 23.6 Å². The molecule has 4 rings (SSSR count). The van der Waals surface area contributed by atoms with Gasteiger partial charge < -0.3 is 4.98 Å². The Labute approximate surface area is 132 Å². The zero-order valence-corrected chi connectivity index (χ0v) is 13.7. The lowest BCUT2D eigenvalue weighted by Crippen LogP contribution is -2.09. The predicted octanol–water partition coefficient (Wildman–Crippen LogP) is 4.73. The molecule has 0 fully saturated rings. The Morgan fingerprint density at radius 2 is 2.10 bits per heavy atom. The van der Waals surface area contributed by atoms with E-state index in [0.717, 1.165) is 27.9 Å². The highest BCUT2D eigenvalue weighted by Gasteiger charge is 2.21. The van der Waals surface area contributed by atoms with Crippen LogP contribution in [0, 0.1) is 4.64 Å². The second kappa shape index (κ2) is 5.14. The molecule has 3 aromatic heterocycles. The third-order valence-corrected chi connectivity index (χ3v) is 5.84. The summed E-state index contributed by atoms with van der Waals surface area (Å²) >= 11 is 7.08. The zero-order chi connectivity index (χ0) is 14.4. The van der Waals surface area contributed by atoms with Crippen LogP contribution in [0.2, 0.25) is 0 Å². The first-order chi connectivity index (χ1) is 10.3. The highest BCUT2D eigenvalue weighted by molar-refractivity contribution is 7.71. The first kappa shape index (κ1) is 13.3. The number of thiophene rings is 1. The Morgan fingerprint density at radius 3 is 2.90 bits per heavy atom. The average Bonchev–Trinajstić information content (AvgIpc) is 2.88. The molecule has 3 nitrogen and oxygen atoms in total. The Bertz CT molecular complexity index is 892. The first-order valence-electron chi connectivity index (χ1n) is 7.60. The number of nitrogens with one attached hydrogen (secondary N) is 1. The fourth-order valence-corrected chi connectivity index (χ4v) is 4.77. The summed E-state index contributed by atoms with van der Waals surface area (Å²) in [5, 5.41) is 1.30. The second-order valence-corrected chi connectivity index (χ2v) is 7.05. The summed E-state index contributed by atoms with van der Waals surface area (Å²) in [4.78, 5) is 13.6. The van der Waals surface area contributed by atoms with Crippen LogP contribution in [-0.2, 0) is 19.3 Å². The molecule has 0 saturated carbocycles. The molecule has 0 unspecified atom stereocenters. The van der Waals surface area contributed by atoms with Gasteiger partial charge in [0.05, 0.1) is 16.5 Å². The van der Waals surface area contributed by atoms with E-state index in [1.807, 2.05) is 0 Å². The third kappa shape index (κ3) is 2.02. The van der Waals surface area contributed by atoms with E-state index in [2.05, 4.69) is 16.9 Å². The Balaban J connectivity index is 2.15. The van der Waals surface area contributed by atoms with E-state index < -0.39 is 0 Å². The largest absolute Gasteiger partial charge is 0.344 e.